The van der Waals surface area contributed by atoms with Gasteiger partial charge in [0.2, 0.25) is 0 Å². The van der Waals surface area contributed by atoms with Gasteiger partial charge >= 0.3 is 5.97 Å². The second-order valence-corrected chi connectivity index (χ2v) is 7.46. The van der Waals surface area contributed by atoms with Crippen molar-refractivity contribution in [3.05, 3.63) is 16.8 Å². The topological polar surface area (TPSA) is 55.3 Å². The lowest BCUT2D eigenvalue weighted by Crippen LogP contribution is -2.37. The predicted molar refractivity (Wildman–Crippen MR) is 91.0 cm³/mol. The average Bonchev–Trinajstić information content (AvgIpc) is 3.00. The highest BCUT2D eigenvalue weighted by atomic mass is 32.1. The van der Waals surface area contributed by atoms with Gasteiger partial charge in [-0.05, 0) is 44.1 Å². The fraction of sp³-hybridized carbons (Fsp3) is 0.588. The second kappa shape index (κ2) is 6.07. The highest BCUT2D eigenvalue weighted by Crippen LogP contribution is 2.40. The van der Waals surface area contributed by atoms with E-state index < -0.39 is 0 Å². The molecule has 0 N–H and O–H groups in total. The Balaban J connectivity index is 1.65. The first kappa shape index (κ1) is 14.9. The van der Waals surface area contributed by atoms with Crippen LogP contribution in [-0.2, 0) is 22.4 Å². The third-order valence-electron chi connectivity index (χ3n) is 5.06. The molecule has 6 heteroatoms. The van der Waals surface area contributed by atoms with Gasteiger partial charge in [-0.2, -0.15) is 0 Å². The number of esters is 1. The molecule has 0 spiro atoms. The van der Waals surface area contributed by atoms with Gasteiger partial charge in [0.15, 0.2) is 0 Å². The van der Waals surface area contributed by atoms with Crippen LogP contribution in [0.3, 0.4) is 0 Å². The van der Waals surface area contributed by atoms with Crippen molar-refractivity contribution in [1.29, 1.82) is 0 Å². The predicted octanol–water partition coefficient (Wildman–Crippen LogP) is 2.96. The third kappa shape index (κ3) is 2.59. The number of piperidine rings is 1. The smallest absolute Gasteiger partial charge is 0.308 e. The van der Waals surface area contributed by atoms with Crippen LogP contribution < -0.4 is 4.90 Å². The highest BCUT2D eigenvalue weighted by Gasteiger charge is 2.28. The Morgan fingerprint density at radius 3 is 2.83 bits per heavy atom. The summed E-state index contributed by atoms with van der Waals surface area (Å²) in [7, 11) is 1.47. The Morgan fingerprint density at radius 2 is 2.04 bits per heavy atom. The molecule has 1 aliphatic heterocycles. The molecule has 0 unspecified atom stereocenters. The molecule has 0 saturated carbocycles. The van der Waals surface area contributed by atoms with Crippen LogP contribution in [0.25, 0.3) is 10.2 Å². The lowest BCUT2D eigenvalue weighted by Gasteiger charge is -2.32. The molecule has 4 rings (SSSR count). The Hall–Kier alpha value is -1.69. The first-order valence-electron chi connectivity index (χ1n) is 8.36. The summed E-state index contributed by atoms with van der Waals surface area (Å²) in [5.74, 6) is 1.02. The van der Waals surface area contributed by atoms with Crippen molar-refractivity contribution >= 4 is 33.3 Å². The summed E-state index contributed by atoms with van der Waals surface area (Å²) in [5, 5.41) is 1.27. The number of aromatic nitrogens is 2. The molecule has 122 valence electrons. The first-order chi connectivity index (χ1) is 11.3. The molecule has 0 atom stereocenters. The Morgan fingerprint density at radius 1 is 1.26 bits per heavy atom. The third-order valence-corrected chi connectivity index (χ3v) is 6.26. The number of aryl methyl sites for hydroxylation is 2. The number of carbonyl (C=O) groups is 1. The summed E-state index contributed by atoms with van der Waals surface area (Å²) in [4.78, 5) is 25.8. The second-order valence-electron chi connectivity index (χ2n) is 6.37. The Labute approximate surface area is 139 Å². The van der Waals surface area contributed by atoms with E-state index in [1.807, 2.05) is 11.3 Å². The van der Waals surface area contributed by atoms with Crippen molar-refractivity contribution in [2.75, 3.05) is 25.1 Å². The summed E-state index contributed by atoms with van der Waals surface area (Å²) in [5.41, 5.74) is 1.47. The molecule has 0 amide bonds. The fourth-order valence-corrected chi connectivity index (χ4v) is 5.03. The van der Waals surface area contributed by atoms with Crippen LogP contribution in [0, 0.1) is 5.92 Å². The molecular weight excluding hydrogens is 310 g/mol. The quantitative estimate of drug-likeness (QED) is 0.792. The van der Waals surface area contributed by atoms with Crippen LogP contribution in [0.1, 0.15) is 36.1 Å². The van der Waals surface area contributed by atoms with E-state index in [9.17, 15) is 4.79 Å². The van der Waals surface area contributed by atoms with E-state index in [0.717, 1.165) is 43.0 Å². The number of methoxy groups -OCH3 is 1. The van der Waals surface area contributed by atoms with Crippen molar-refractivity contribution in [2.24, 2.45) is 5.92 Å². The van der Waals surface area contributed by atoms with Gasteiger partial charge in [0.1, 0.15) is 17.0 Å². The summed E-state index contributed by atoms with van der Waals surface area (Å²) in [6.45, 7) is 1.72. The summed E-state index contributed by atoms with van der Waals surface area (Å²) < 4.78 is 4.88. The van der Waals surface area contributed by atoms with Crippen molar-refractivity contribution < 1.29 is 9.53 Å². The monoisotopic (exact) mass is 331 g/mol. The lowest BCUT2D eigenvalue weighted by molar-refractivity contribution is -0.146. The van der Waals surface area contributed by atoms with Crippen LogP contribution >= 0.6 is 11.3 Å². The van der Waals surface area contributed by atoms with Gasteiger partial charge in [0, 0.05) is 18.0 Å². The van der Waals surface area contributed by atoms with Crippen molar-refractivity contribution in [3.63, 3.8) is 0 Å². The SMILES string of the molecule is COC(=O)C1CCN(c2ncnc3sc4c(c23)CCCC4)CC1. The van der Waals surface area contributed by atoms with Crippen molar-refractivity contribution in [2.45, 2.75) is 38.5 Å². The van der Waals surface area contributed by atoms with E-state index in [1.165, 1.54) is 42.2 Å². The standard InChI is InChI=1S/C17H21N3O2S/c1-22-17(21)11-6-8-20(9-7-11)15-14-12-4-2-3-5-13(12)23-16(14)19-10-18-15/h10-11H,2-9H2,1H3. The van der Waals surface area contributed by atoms with Gasteiger partial charge < -0.3 is 9.64 Å². The number of hydrogen-bond acceptors (Lipinski definition) is 6. The van der Waals surface area contributed by atoms with Crippen molar-refractivity contribution in [1.82, 2.24) is 9.97 Å². The molecule has 23 heavy (non-hydrogen) atoms. The molecule has 0 bridgehead atoms. The molecule has 1 aliphatic carbocycles. The Kier molecular flexibility index (Phi) is 3.93. The minimum atomic E-state index is -0.0783. The zero-order valence-corrected chi connectivity index (χ0v) is 14.2. The lowest BCUT2D eigenvalue weighted by atomic mass is 9.95. The Bertz CT molecular complexity index is 735. The van der Waals surface area contributed by atoms with E-state index in [4.69, 9.17) is 4.74 Å². The van der Waals surface area contributed by atoms with Crippen LogP contribution in [0.2, 0.25) is 0 Å². The maximum absolute atomic E-state index is 11.7. The molecule has 1 saturated heterocycles. The minimum absolute atomic E-state index is 0.0324. The van der Waals surface area contributed by atoms with E-state index >= 15 is 0 Å². The van der Waals surface area contributed by atoms with Gasteiger partial charge in [-0.3, -0.25) is 4.79 Å². The molecule has 5 nitrogen and oxygen atoms in total. The first-order valence-corrected chi connectivity index (χ1v) is 9.17. The van der Waals surface area contributed by atoms with E-state index in [-0.39, 0.29) is 11.9 Å². The maximum Gasteiger partial charge on any atom is 0.308 e. The van der Waals surface area contributed by atoms with E-state index in [1.54, 1.807) is 6.33 Å². The van der Waals surface area contributed by atoms with Gasteiger partial charge in [-0.25, -0.2) is 9.97 Å². The fourth-order valence-electron chi connectivity index (χ4n) is 3.81. The number of rotatable bonds is 2. The number of thiophene rings is 1. The zero-order valence-electron chi connectivity index (χ0n) is 13.4. The number of ether oxygens (including phenoxy) is 1. The van der Waals surface area contributed by atoms with Gasteiger partial charge in [0.25, 0.3) is 0 Å². The number of hydrogen-bond donors (Lipinski definition) is 0. The molecule has 0 radical (unpaired) electrons. The van der Waals surface area contributed by atoms with Gasteiger partial charge in [-0.15, -0.1) is 11.3 Å². The number of carbonyl (C=O) groups excluding carboxylic acids is 1. The molecular formula is C17H21N3O2S. The van der Waals surface area contributed by atoms with Crippen LogP contribution in [0.4, 0.5) is 5.82 Å². The van der Waals surface area contributed by atoms with Gasteiger partial charge in [0.05, 0.1) is 18.4 Å². The molecule has 2 aromatic heterocycles. The largest absolute Gasteiger partial charge is 0.469 e. The van der Waals surface area contributed by atoms with E-state index in [2.05, 4.69) is 14.9 Å². The normalized spacial score (nSPS) is 18.9. The number of fused-ring (bicyclic) bond motifs is 3. The summed E-state index contributed by atoms with van der Waals surface area (Å²) in [6.07, 6.45) is 8.24. The number of anilines is 1. The average molecular weight is 331 g/mol. The van der Waals surface area contributed by atoms with Crippen LogP contribution in [0.5, 0.6) is 0 Å². The molecule has 2 aromatic rings. The molecule has 0 aromatic carbocycles. The van der Waals surface area contributed by atoms with Crippen molar-refractivity contribution in [3.8, 4) is 0 Å². The zero-order chi connectivity index (χ0) is 15.8. The summed E-state index contributed by atoms with van der Waals surface area (Å²) >= 11 is 1.84. The van der Waals surface area contributed by atoms with Gasteiger partial charge in [-0.1, -0.05) is 0 Å². The van der Waals surface area contributed by atoms with E-state index in [0.29, 0.717) is 0 Å². The molecule has 3 heterocycles. The molecule has 2 aliphatic rings. The molecule has 1 fully saturated rings. The summed E-state index contributed by atoms with van der Waals surface area (Å²) in [6, 6.07) is 0. The maximum atomic E-state index is 11.7. The highest BCUT2D eigenvalue weighted by molar-refractivity contribution is 7.19. The van der Waals surface area contributed by atoms with Crippen LogP contribution in [-0.4, -0.2) is 36.1 Å². The van der Waals surface area contributed by atoms with Crippen LogP contribution in [0.15, 0.2) is 6.33 Å². The number of nitrogens with zero attached hydrogens (tertiary/aromatic N) is 3. The minimum Gasteiger partial charge on any atom is -0.469 e.